The van der Waals surface area contributed by atoms with Crippen LogP contribution in [-0.4, -0.2) is 41.4 Å². The predicted octanol–water partition coefficient (Wildman–Crippen LogP) is 2.75. The van der Waals surface area contributed by atoms with E-state index in [-0.39, 0.29) is 5.69 Å². The number of nitrogens with one attached hydrogen (secondary N) is 2. The molecule has 128 valence electrons. The van der Waals surface area contributed by atoms with Crippen LogP contribution in [0.15, 0.2) is 53.3 Å². The lowest BCUT2D eigenvalue weighted by molar-refractivity contribution is 0.653. The van der Waals surface area contributed by atoms with Gasteiger partial charge < -0.3 is 9.80 Å². The molecular formula is C18H18ClN5O. The van der Waals surface area contributed by atoms with E-state index in [0.717, 1.165) is 36.8 Å². The minimum absolute atomic E-state index is 0.295. The van der Waals surface area contributed by atoms with Crippen LogP contribution in [0.1, 0.15) is 0 Å². The molecule has 1 aromatic heterocycles. The Hall–Kier alpha value is -2.73. The molecule has 0 bridgehead atoms. The van der Waals surface area contributed by atoms with Gasteiger partial charge in [-0.05, 0) is 42.5 Å². The number of rotatable bonds is 3. The van der Waals surface area contributed by atoms with Crippen LogP contribution in [-0.2, 0) is 0 Å². The Morgan fingerprint density at radius 1 is 0.920 bits per heavy atom. The molecule has 1 fully saturated rings. The average Bonchev–Trinajstić information content (AvgIpc) is 3.08. The second-order valence-electron chi connectivity index (χ2n) is 6.03. The van der Waals surface area contributed by atoms with E-state index < -0.39 is 0 Å². The molecule has 0 radical (unpaired) electrons. The number of aromatic amines is 2. The Bertz CT molecular complexity index is 909. The fourth-order valence-corrected chi connectivity index (χ4v) is 3.32. The molecule has 2 heterocycles. The van der Waals surface area contributed by atoms with Gasteiger partial charge in [-0.2, -0.15) is 5.10 Å². The minimum Gasteiger partial charge on any atom is -0.368 e. The monoisotopic (exact) mass is 355 g/mol. The summed E-state index contributed by atoms with van der Waals surface area (Å²) in [5, 5.41) is 7.11. The van der Waals surface area contributed by atoms with Gasteiger partial charge >= 0.3 is 5.69 Å². The number of nitrogens with zero attached hydrogens (tertiary/aromatic N) is 3. The molecule has 0 atom stereocenters. The van der Waals surface area contributed by atoms with E-state index in [9.17, 15) is 4.79 Å². The third-order valence-electron chi connectivity index (χ3n) is 4.46. The zero-order chi connectivity index (χ0) is 17.2. The van der Waals surface area contributed by atoms with Crippen LogP contribution in [0, 0.1) is 0 Å². The molecule has 0 amide bonds. The van der Waals surface area contributed by atoms with Crippen molar-refractivity contribution in [1.29, 1.82) is 0 Å². The van der Waals surface area contributed by atoms with E-state index in [1.54, 1.807) is 0 Å². The van der Waals surface area contributed by atoms with Crippen molar-refractivity contribution in [1.82, 2.24) is 15.2 Å². The van der Waals surface area contributed by atoms with E-state index in [1.165, 1.54) is 11.4 Å². The van der Waals surface area contributed by atoms with Crippen molar-refractivity contribution in [2.75, 3.05) is 36.0 Å². The summed E-state index contributed by atoms with van der Waals surface area (Å²) in [6, 6.07) is 16.1. The van der Waals surface area contributed by atoms with Crippen LogP contribution in [0.3, 0.4) is 0 Å². The van der Waals surface area contributed by atoms with Crippen molar-refractivity contribution in [3.63, 3.8) is 0 Å². The van der Waals surface area contributed by atoms with Crippen LogP contribution in [0.5, 0.6) is 0 Å². The topological polar surface area (TPSA) is 68.0 Å². The van der Waals surface area contributed by atoms with Gasteiger partial charge in [0.15, 0.2) is 5.82 Å². The summed E-state index contributed by atoms with van der Waals surface area (Å²) in [6.07, 6.45) is 0. The Kier molecular flexibility index (Phi) is 4.19. The fourth-order valence-electron chi connectivity index (χ4n) is 3.13. The Balaban J connectivity index is 1.43. The van der Waals surface area contributed by atoms with Crippen LogP contribution < -0.4 is 15.5 Å². The molecule has 1 aliphatic heterocycles. The highest BCUT2D eigenvalue weighted by Crippen LogP contribution is 2.24. The SMILES string of the molecule is O=c1[nH]nc(-c2ccc(N3CCN(c4cccc(Cl)c4)CC3)cc2)[nH]1. The van der Waals surface area contributed by atoms with E-state index in [4.69, 9.17) is 11.6 Å². The third kappa shape index (κ3) is 3.39. The summed E-state index contributed by atoms with van der Waals surface area (Å²) in [5.74, 6) is 0.558. The first kappa shape index (κ1) is 15.8. The molecule has 2 aromatic carbocycles. The third-order valence-corrected chi connectivity index (χ3v) is 4.70. The molecule has 3 aromatic rings. The maximum atomic E-state index is 11.2. The minimum atomic E-state index is -0.295. The van der Waals surface area contributed by atoms with Gasteiger partial charge in [0.2, 0.25) is 0 Å². The average molecular weight is 356 g/mol. The second-order valence-corrected chi connectivity index (χ2v) is 6.46. The number of piperazine rings is 1. The van der Waals surface area contributed by atoms with Crippen molar-refractivity contribution < 1.29 is 0 Å². The van der Waals surface area contributed by atoms with Crippen LogP contribution in [0.25, 0.3) is 11.4 Å². The molecule has 2 N–H and O–H groups in total. The van der Waals surface area contributed by atoms with Crippen molar-refractivity contribution in [2.24, 2.45) is 0 Å². The van der Waals surface area contributed by atoms with Crippen molar-refractivity contribution in [3.8, 4) is 11.4 Å². The molecule has 1 saturated heterocycles. The number of benzene rings is 2. The number of hydrogen-bond acceptors (Lipinski definition) is 4. The quantitative estimate of drug-likeness (QED) is 0.758. The highest BCUT2D eigenvalue weighted by atomic mass is 35.5. The maximum absolute atomic E-state index is 11.2. The molecular weight excluding hydrogens is 338 g/mol. The summed E-state index contributed by atoms with van der Waals surface area (Å²) in [4.78, 5) is 18.5. The summed E-state index contributed by atoms with van der Waals surface area (Å²) in [7, 11) is 0. The lowest BCUT2D eigenvalue weighted by atomic mass is 10.1. The summed E-state index contributed by atoms with van der Waals surface area (Å²) < 4.78 is 0. The van der Waals surface area contributed by atoms with Crippen molar-refractivity contribution in [3.05, 3.63) is 64.0 Å². The van der Waals surface area contributed by atoms with E-state index in [0.29, 0.717) is 5.82 Å². The van der Waals surface area contributed by atoms with Crippen LogP contribution in [0.4, 0.5) is 11.4 Å². The smallest absolute Gasteiger partial charge is 0.340 e. The van der Waals surface area contributed by atoms with Gasteiger partial charge in [-0.25, -0.2) is 9.89 Å². The first-order chi connectivity index (χ1) is 12.2. The number of H-pyrrole nitrogens is 2. The maximum Gasteiger partial charge on any atom is 0.340 e. The van der Waals surface area contributed by atoms with Crippen LogP contribution >= 0.6 is 11.6 Å². The zero-order valence-corrected chi connectivity index (χ0v) is 14.3. The number of anilines is 2. The number of aromatic nitrogens is 3. The van der Waals surface area contributed by atoms with Gasteiger partial charge in [0.1, 0.15) is 0 Å². The van der Waals surface area contributed by atoms with Crippen molar-refractivity contribution in [2.45, 2.75) is 0 Å². The molecule has 0 unspecified atom stereocenters. The van der Waals surface area contributed by atoms with E-state index in [2.05, 4.69) is 43.2 Å². The summed E-state index contributed by atoms with van der Waals surface area (Å²) >= 11 is 6.09. The Morgan fingerprint density at radius 3 is 2.20 bits per heavy atom. The summed E-state index contributed by atoms with van der Waals surface area (Å²) in [6.45, 7) is 3.81. The number of halogens is 1. The highest BCUT2D eigenvalue weighted by molar-refractivity contribution is 6.30. The van der Waals surface area contributed by atoms with Crippen molar-refractivity contribution >= 4 is 23.0 Å². The lowest BCUT2D eigenvalue weighted by Gasteiger charge is -2.37. The standard InChI is InChI=1S/C18H18ClN5O/c19-14-2-1-3-16(12-14)24-10-8-23(9-11-24)15-6-4-13(5-7-15)17-20-18(25)22-21-17/h1-7,12H,8-11H2,(H2,20,21,22,25). The molecule has 25 heavy (non-hydrogen) atoms. The second kappa shape index (κ2) is 6.64. The highest BCUT2D eigenvalue weighted by Gasteiger charge is 2.18. The van der Waals surface area contributed by atoms with Gasteiger partial charge in [-0.3, -0.25) is 4.98 Å². The molecule has 0 aliphatic carbocycles. The first-order valence-electron chi connectivity index (χ1n) is 8.20. The predicted molar refractivity (Wildman–Crippen MR) is 101 cm³/mol. The van der Waals surface area contributed by atoms with E-state index >= 15 is 0 Å². The largest absolute Gasteiger partial charge is 0.368 e. The Morgan fingerprint density at radius 2 is 1.60 bits per heavy atom. The Labute approximate surface area is 150 Å². The summed E-state index contributed by atoms with van der Waals surface area (Å²) in [5.41, 5.74) is 2.94. The molecule has 0 spiro atoms. The zero-order valence-electron chi connectivity index (χ0n) is 13.6. The molecule has 7 heteroatoms. The molecule has 6 nitrogen and oxygen atoms in total. The van der Waals surface area contributed by atoms with Crippen LogP contribution in [0.2, 0.25) is 5.02 Å². The van der Waals surface area contributed by atoms with Gasteiger partial charge in [-0.1, -0.05) is 17.7 Å². The molecule has 0 saturated carbocycles. The lowest BCUT2D eigenvalue weighted by Crippen LogP contribution is -2.46. The van der Waals surface area contributed by atoms with Gasteiger partial charge in [0.25, 0.3) is 0 Å². The molecule has 1 aliphatic rings. The van der Waals surface area contributed by atoms with Gasteiger partial charge in [0, 0.05) is 48.1 Å². The normalized spacial score (nSPS) is 14.8. The fraction of sp³-hybridized carbons (Fsp3) is 0.222. The van der Waals surface area contributed by atoms with E-state index in [1.807, 2.05) is 30.3 Å². The number of hydrogen-bond donors (Lipinski definition) is 2. The van der Waals surface area contributed by atoms with Gasteiger partial charge in [-0.15, -0.1) is 0 Å². The van der Waals surface area contributed by atoms with Gasteiger partial charge in [0.05, 0.1) is 0 Å². The first-order valence-corrected chi connectivity index (χ1v) is 8.57. The molecule has 4 rings (SSSR count).